The van der Waals surface area contributed by atoms with Gasteiger partial charge in [-0.2, -0.15) is 0 Å². The highest BCUT2D eigenvalue weighted by Crippen LogP contribution is 2.41. The molecular weight excluding hydrogens is 378 g/mol. The maximum atomic E-state index is 13.1. The highest BCUT2D eigenvalue weighted by atomic mass is 32.2. The summed E-state index contributed by atoms with van der Waals surface area (Å²) < 4.78 is 25.3. The second kappa shape index (κ2) is 8.13. The number of aliphatic carboxylic acids is 1. The molecule has 0 aromatic heterocycles. The van der Waals surface area contributed by atoms with Crippen molar-refractivity contribution < 1.29 is 23.9 Å². The lowest BCUT2D eigenvalue weighted by Gasteiger charge is -2.49. The average Bonchev–Trinajstić information content (AvgIpc) is 2.60. The third kappa shape index (κ3) is 4.33. The van der Waals surface area contributed by atoms with Gasteiger partial charge >= 0.3 is 5.97 Å². The second-order valence-corrected chi connectivity index (χ2v) is 9.92. The van der Waals surface area contributed by atoms with Crippen LogP contribution < -0.4 is 4.74 Å². The first-order chi connectivity index (χ1) is 13.2. The number of carboxylic acid groups (broad SMARTS) is 1. The van der Waals surface area contributed by atoms with Crippen LogP contribution in [-0.4, -0.2) is 44.4 Å². The van der Waals surface area contributed by atoms with Gasteiger partial charge in [0.25, 0.3) is 0 Å². The van der Waals surface area contributed by atoms with Crippen LogP contribution >= 0.6 is 0 Å². The molecule has 0 amide bonds. The summed E-state index contributed by atoms with van der Waals surface area (Å²) in [5.41, 5.74) is 0.125. The Hall–Kier alpha value is -2.06. The zero-order valence-corrected chi connectivity index (χ0v) is 17.1. The van der Waals surface area contributed by atoms with Crippen LogP contribution in [0.5, 0.6) is 11.5 Å². The first-order valence-electron chi connectivity index (χ1n) is 9.05. The third-order valence-electron chi connectivity index (χ3n) is 4.53. The van der Waals surface area contributed by atoms with Gasteiger partial charge in [0.2, 0.25) is 0 Å². The molecule has 6 nitrogen and oxygen atoms in total. The predicted octanol–water partition coefficient (Wildman–Crippen LogP) is 3.55. The van der Waals surface area contributed by atoms with Crippen LogP contribution in [0.25, 0.3) is 0 Å². The summed E-state index contributed by atoms with van der Waals surface area (Å²) in [5, 5.41) is 9.40. The minimum Gasteiger partial charge on any atom is -0.597 e. The van der Waals surface area contributed by atoms with E-state index in [0.29, 0.717) is 19.0 Å². The number of rotatable bonds is 7. The quantitative estimate of drug-likeness (QED) is 0.712. The van der Waals surface area contributed by atoms with Gasteiger partial charge in [0, 0.05) is 11.4 Å². The summed E-state index contributed by atoms with van der Waals surface area (Å²) in [6, 6.07) is 16.9. The highest BCUT2D eigenvalue weighted by molar-refractivity contribution is 7.90. The van der Waals surface area contributed by atoms with Gasteiger partial charge < -0.3 is 19.1 Å². The summed E-state index contributed by atoms with van der Waals surface area (Å²) in [6.07, 6.45) is 0. The highest BCUT2D eigenvalue weighted by Gasteiger charge is 2.54. The standard InChI is InChI=1S/C21H25NO5S/c1-20(2,3)28(25)22(13-19(23)24)21(14-26-15-21)16-9-11-18(12-10-16)27-17-7-5-4-6-8-17/h4-12H,13-15H2,1-3H3,(H,23,24). The van der Waals surface area contributed by atoms with Crippen LogP contribution in [0.4, 0.5) is 0 Å². The Morgan fingerprint density at radius 3 is 2.18 bits per heavy atom. The van der Waals surface area contributed by atoms with Crippen molar-refractivity contribution in [3.63, 3.8) is 0 Å². The van der Waals surface area contributed by atoms with Gasteiger partial charge in [0.15, 0.2) is 0 Å². The summed E-state index contributed by atoms with van der Waals surface area (Å²) in [4.78, 5) is 11.5. The number of ether oxygens (including phenoxy) is 2. The number of benzene rings is 2. The van der Waals surface area contributed by atoms with Crippen molar-refractivity contribution in [1.29, 1.82) is 0 Å². The Labute approximate surface area is 168 Å². The Morgan fingerprint density at radius 1 is 1.14 bits per heavy atom. The minimum atomic E-state index is -1.51. The number of hydrogen-bond acceptors (Lipinski definition) is 5. The lowest BCUT2D eigenvalue weighted by molar-refractivity contribution is -0.147. The van der Waals surface area contributed by atoms with Gasteiger partial charge in [0.05, 0.1) is 13.2 Å². The summed E-state index contributed by atoms with van der Waals surface area (Å²) >= 11 is -1.51. The fraction of sp³-hybridized carbons (Fsp3) is 0.381. The van der Waals surface area contributed by atoms with Gasteiger partial charge in [-0.1, -0.05) is 30.3 Å². The lowest BCUT2D eigenvalue weighted by Crippen LogP contribution is -2.64. The zero-order chi connectivity index (χ0) is 20.4. The van der Waals surface area contributed by atoms with Crippen molar-refractivity contribution in [1.82, 2.24) is 4.31 Å². The molecule has 1 saturated heterocycles. The summed E-state index contributed by atoms with van der Waals surface area (Å²) in [6.45, 7) is 5.77. The van der Waals surface area contributed by atoms with E-state index in [2.05, 4.69) is 0 Å². The number of carbonyl (C=O) groups is 1. The van der Waals surface area contributed by atoms with Crippen LogP contribution in [0.15, 0.2) is 54.6 Å². The number of carboxylic acids is 1. The van der Waals surface area contributed by atoms with E-state index in [4.69, 9.17) is 9.47 Å². The van der Waals surface area contributed by atoms with E-state index >= 15 is 0 Å². The van der Waals surface area contributed by atoms with Gasteiger partial charge in [-0.05, 0) is 50.6 Å². The van der Waals surface area contributed by atoms with Crippen molar-refractivity contribution >= 4 is 17.3 Å². The van der Waals surface area contributed by atoms with E-state index in [9.17, 15) is 14.5 Å². The van der Waals surface area contributed by atoms with Crippen LogP contribution in [0, 0.1) is 0 Å². The van der Waals surface area contributed by atoms with Crippen LogP contribution in [0.3, 0.4) is 0 Å². The Morgan fingerprint density at radius 2 is 1.71 bits per heavy atom. The van der Waals surface area contributed by atoms with E-state index in [1.165, 1.54) is 0 Å². The lowest BCUT2D eigenvalue weighted by atomic mass is 9.87. The molecule has 28 heavy (non-hydrogen) atoms. The van der Waals surface area contributed by atoms with Crippen LogP contribution in [0.2, 0.25) is 0 Å². The van der Waals surface area contributed by atoms with E-state index < -0.39 is 27.6 Å². The first-order valence-corrected chi connectivity index (χ1v) is 10.2. The van der Waals surface area contributed by atoms with Crippen molar-refractivity contribution in [2.75, 3.05) is 19.8 Å². The van der Waals surface area contributed by atoms with Gasteiger partial charge in [-0.25, -0.2) is 0 Å². The topological polar surface area (TPSA) is 82.1 Å². The molecular formula is C21H25NO5S. The summed E-state index contributed by atoms with van der Waals surface area (Å²) in [7, 11) is 0. The average molecular weight is 404 g/mol. The molecule has 1 atom stereocenters. The Balaban J connectivity index is 1.88. The molecule has 7 heteroatoms. The van der Waals surface area contributed by atoms with E-state index in [1.54, 1.807) is 4.31 Å². The van der Waals surface area contributed by atoms with Crippen molar-refractivity contribution in [2.45, 2.75) is 31.1 Å². The largest absolute Gasteiger partial charge is 0.597 e. The molecule has 1 aliphatic rings. The first kappa shape index (κ1) is 20.7. The number of nitrogens with zero attached hydrogens (tertiary/aromatic N) is 1. The molecule has 1 aliphatic heterocycles. The van der Waals surface area contributed by atoms with E-state index in [-0.39, 0.29) is 6.54 Å². The van der Waals surface area contributed by atoms with Crippen LogP contribution in [0.1, 0.15) is 26.3 Å². The monoisotopic (exact) mass is 403 g/mol. The Bertz CT molecular complexity index is 800. The fourth-order valence-corrected chi connectivity index (χ4v) is 4.45. The minimum absolute atomic E-state index is 0.293. The van der Waals surface area contributed by atoms with E-state index in [0.717, 1.165) is 11.3 Å². The van der Waals surface area contributed by atoms with Gasteiger partial charge in [0.1, 0.15) is 28.3 Å². The van der Waals surface area contributed by atoms with Crippen molar-refractivity contribution in [3.05, 3.63) is 60.2 Å². The number of hydrogen-bond donors (Lipinski definition) is 1. The normalized spacial score (nSPS) is 17.0. The molecule has 1 N–H and O–H groups in total. The second-order valence-electron chi connectivity index (χ2n) is 7.76. The predicted molar refractivity (Wildman–Crippen MR) is 108 cm³/mol. The van der Waals surface area contributed by atoms with Gasteiger partial charge in [-0.3, -0.25) is 4.79 Å². The zero-order valence-electron chi connectivity index (χ0n) is 16.3. The molecule has 0 aliphatic carbocycles. The van der Waals surface area contributed by atoms with Crippen molar-refractivity contribution in [2.24, 2.45) is 0 Å². The van der Waals surface area contributed by atoms with Crippen molar-refractivity contribution in [3.8, 4) is 11.5 Å². The smallest absolute Gasteiger partial charge is 0.322 e. The maximum absolute atomic E-state index is 13.1. The number of para-hydroxylation sites is 1. The molecule has 3 rings (SSSR count). The molecule has 0 spiro atoms. The molecule has 1 unspecified atom stereocenters. The molecule has 1 fully saturated rings. The fourth-order valence-electron chi connectivity index (χ4n) is 3.03. The molecule has 0 bridgehead atoms. The molecule has 0 saturated carbocycles. The molecule has 0 radical (unpaired) electrons. The molecule has 2 aromatic carbocycles. The third-order valence-corrected chi connectivity index (χ3v) is 6.46. The van der Waals surface area contributed by atoms with E-state index in [1.807, 2.05) is 75.4 Å². The van der Waals surface area contributed by atoms with Gasteiger partial charge in [-0.15, -0.1) is 4.31 Å². The molecule has 2 aromatic rings. The maximum Gasteiger partial charge on any atom is 0.322 e. The molecule has 150 valence electrons. The SMILES string of the molecule is CC(C)(C)[S+]([O-])N(CC(=O)O)C1(c2ccc(Oc3ccccc3)cc2)COC1. The van der Waals surface area contributed by atoms with Crippen LogP contribution in [-0.2, 0) is 26.4 Å². The Kier molecular flexibility index (Phi) is 6.00. The molecule has 1 heterocycles. The summed E-state index contributed by atoms with van der Waals surface area (Å²) in [5.74, 6) is 0.387.